The highest BCUT2D eigenvalue weighted by Gasteiger charge is 2.11. The minimum atomic E-state index is -3.20. The van der Waals surface area contributed by atoms with Gasteiger partial charge in [0.05, 0.1) is 11.4 Å². The number of hydrogen-bond donors (Lipinski definition) is 2. The lowest BCUT2D eigenvalue weighted by atomic mass is 10.1. The maximum atomic E-state index is 11.7. The van der Waals surface area contributed by atoms with Gasteiger partial charge in [-0.25, -0.2) is 8.42 Å². The maximum Gasteiger partial charge on any atom is 0.191 e. The van der Waals surface area contributed by atoms with Crippen LogP contribution in [0.4, 0.5) is 0 Å². The van der Waals surface area contributed by atoms with Crippen molar-refractivity contribution >= 4 is 15.8 Å². The van der Waals surface area contributed by atoms with Crippen LogP contribution < -0.4 is 15.4 Å². The van der Waals surface area contributed by atoms with Gasteiger partial charge in [0.25, 0.3) is 0 Å². The number of hydrogen-bond acceptors (Lipinski definition) is 4. The van der Waals surface area contributed by atoms with E-state index in [-0.39, 0.29) is 6.10 Å². The highest BCUT2D eigenvalue weighted by molar-refractivity contribution is 7.90. The van der Waals surface area contributed by atoms with Crippen LogP contribution in [0.15, 0.2) is 52.4 Å². The van der Waals surface area contributed by atoms with Gasteiger partial charge in [0.2, 0.25) is 0 Å². The van der Waals surface area contributed by atoms with Crippen LogP contribution in [-0.2, 0) is 16.4 Å². The summed E-state index contributed by atoms with van der Waals surface area (Å²) in [6, 6.07) is 13.3. The molecule has 0 saturated carbocycles. The fourth-order valence-corrected chi connectivity index (χ4v) is 3.81. The van der Waals surface area contributed by atoms with Crippen molar-refractivity contribution in [1.29, 1.82) is 0 Å². The third kappa shape index (κ3) is 6.56. The van der Waals surface area contributed by atoms with Crippen LogP contribution in [0.2, 0.25) is 0 Å². The van der Waals surface area contributed by atoms with Crippen molar-refractivity contribution < 1.29 is 13.2 Å². The lowest BCUT2D eigenvalue weighted by Gasteiger charge is -2.18. The van der Waals surface area contributed by atoms with Crippen molar-refractivity contribution in [1.82, 2.24) is 10.6 Å². The number of benzene rings is 2. The third-order valence-electron chi connectivity index (χ3n) is 4.21. The standard InChI is InChI=1S/C21H29N3O3S/c1-15-7-6-8-19(11-15)27-17(3)13-23-21(22-4)24-14-18-9-10-20(16(2)12-18)28(5,25)26/h6-12,17H,13-14H2,1-5H3,(H2,22,23,24). The van der Waals surface area contributed by atoms with E-state index in [1.54, 1.807) is 20.0 Å². The van der Waals surface area contributed by atoms with E-state index >= 15 is 0 Å². The predicted octanol–water partition coefficient (Wildman–Crippen LogP) is 2.84. The van der Waals surface area contributed by atoms with Crippen LogP contribution in [0.1, 0.15) is 23.6 Å². The zero-order chi connectivity index (χ0) is 20.7. The van der Waals surface area contributed by atoms with Crippen LogP contribution in [0.3, 0.4) is 0 Å². The summed E-state index contributed by atoms with van der Waals surface area (Å²) in [4.78, 5) is 4.58. The molecular formula is C21H29N3O3S. The van der Waals surface area contributed by atoms with E-state index in [2.05, 4.69) is 15.6 Å². The Morgan fingerprint density at radius 3 is 2.50 bits per heavy atom. The van der Waals surface area contributed by atoms with E-state index in [1.807, 2.05) is 50.2 Å². The first kappa shape index (κ1) is 21.8. The summed E-state index contributed by atoms with van der Waals surface area (Å²) >= 11 is 0. The minimum Gasteiger partial charge on any atom is -0.489 e. The van der Waals surface area contributed by atoms with Gasteiger partial charge >= 0.3 is 0 Å². The summed E-state index contributed by atoms with van der Waals surface area (Å²) < 4.78 is 29.4. The maximum absolute atomic E-state index is 11.7. The molecule has 1 atom stereocenters. The normalized spacial score (nSPS) is 13.1. The van der Waals surface area contributed by atoms with Crippen LogP contribution in [0.5, 0.6) is 5.75 Å². The molecule has 0 heterocycles. The Morgan fingerprint density at radius 1 is 1.14 bits per heavy atom. The molecule has 0 spiro atoms. The van der Waals surface area contributed by atoms with Gasteiger partial charge in [-0.2, -0.15) is 0 Å². The lowest BCUT2D eigenvalue weighted by molar-refractivity contribution is 0.223. The first-order valence-electron chi connectivity index (χ1n) is 9.16. The number of nitrogens with one attached hydrogen (secondary N) is 2. The third-order valence-corrected chi connectivity index (χ3v) is 5.46. The molecule has 0 radical (unpaired) electrons. The summed E-state index contributed by atoms with van der Waals surface area (Å²) in [5, 5.41) is 6.48. The van der Waals surface area contributed by atoms with E-state index in [1.165, 1.54) is 6.26 Å². The smallest absolute Gasteiger partial charge is 0.191 e. The predicted molar refractivity (Wildman–Crippen MR) is 114 cm³/mol. The second-order valence-corrected chi connectivity index (χ2v) is 8.91. The Morgan fingerprint density at radius 2 is 1.89 bits per heavy atom. The molecule has 0 aromatic heterocycles. The SMILES string of the molecule is CN=C(NCc1ccc(S(C)(=O)=O)c(C)c1)NCC(C)Oc1cccc(C)c1. The Balaban J connectivity index is 1.87. The Kier molecular flexibility index (Phi) is 7.45. The molecule has 2 aromatic carbocycles. The zero-order valence-electron chi connectivity index (χ0n) is 17.1. The van der Waals surface area contributed by atoms with Crippen molar-refractivity contribution in [2.75, 3.05) is 19.8 Å². The molecule has 2 rings (SSSR count). The molecule has 0 aliphatic rings. The number of ether oxygens (including phenoxy) is 1. The first-order chi connectivity index (χ1) is 13.2. The van der Waals surface area contributed by atoms with Crippen LogP contribution >= 0.6 is 0 Å². The molecule has 0 fully saturated rings. The summed E-state index contributed by atoms with van der Waals surface area (Å²) in [5.74, 6) is 1.50. The molecule has 0 bridgehead atoms. The van der Waals surface area contributed by atoms with Gasteiger partial charge in [-0.1, -0.05) is 24.3 Å². The van der Waals surface area contributed by atoms with Crippen LogP contribution in [0, 0.1) is 13.8 Å². The number of nitrogens with zero attached hydrogens (tertiary/aromatic N) is 1. The second kappa shape index (κ2) is 9.59. The topological polar surface area (TPSA) is 79.8 Å². The molecular weight excluding hydrogens is 374 g/mol. The summed E-state index contributed by atoms with van der Waals surface area (Å²) in [5.41, 5.74) is 2.88. The van der Waals surface area contributed by atoms with Gasteiger partial charge < -0.3 is 15.4 Å². The summed E-state index contributed by atoms with van der Waals surface area (Å²) in [7, 11) is -1.50. The molecule has 6 nitrogen and oxygen atoms in total. The Bertz CT molecular complexity index is 940. The molecule has 28 heavy (non-hydrogen) atoms. The Hall–Kier alpha value is -2.54. The monoisotopic (exact) mass is 403 g/mol. The van der Waals surface area contributed by atoms with Crippen molar-refractivity contribution in [3.8, 4) is 5.75 Å². The molecule has 2 N–H and O–H groups in total. The van der Waals surface area contributed by atoms with E-state index < -0.39 is 9.84 Å². The minimum absolute atomic E-state index is 0.0309. The molecule has 152 valence electrons. The fourth-order valence-electron chi connectivity index (χ4n) is 2.85. The molecule has 2 aromatic rings. The average molecular weight is 404 g/mol. The summed E-state index contributed by atoms with van der Waals surface area (Å²) in [6.45, 7) is 6.97. The molecule has 1 unspecified atom stereocenters. The average Bonchev–Trinajstić information content (AvgIpc) is 2.61. The van der Waals surface area contributed by atoms with E-state index in [0.29, 0.717) is 23.9 Å². The van der Waals surface area contributed by atoms with Gasteiger partial charge in [0.15, 0.2) is 15.8 Å². The van der Waals surface area contributed by atoms with Crippen LogP contribution in [-0.4, -0.2) is 40.3 Å². The van der Waals surface area contributed by atoms with E-state index in [9.17, 15) is 8.42 Å². The van der Waals surface area contributed by atoms with Crippen molar-refractivity contribution in [3.63, 3.8) is 0 Å². The fraction of sp³-hybridized carbons (Fsp3) is 0.381. The largest absolute Gasteiger partial charge is 0.489 e. The zero-order valence-corrected chi connectivity index (χ0v) is 17.9. The van der Waals surface area contributed by atoms with E-state index in [0.717, 1.165) is 22.4 Å². The lowest BCUT2D eigenvalue weighted by Crippen LogP contribution is -2.41. The number of guanidine groups is 1. The molecule has 0 amide bonds. The number of sulfone groups is 1. The quantitative estimate of drug-likeness (QED) is 0.549. The number of aliphatic imine (C=N–C) groups is 1. The number of aryl methyl sites for hydroxylation is 2. The summed E-state index contributed by atoms with van der Waals surface area (Å²) in [6.07, 6.45) is 1.19. The van der Waals surface area contributed by atoms with Gasteiger partial charge in [-0.3, -0.25) is 4.99 Å². The van der Waals surface area contributed by atoms with Gasteiger partial charge in [0.1, 0.15) is 11.9 Å². The van der Waals surface area contributed by atoms with Crippen LogP contribution in [0.25, 0.3) is 0 Å². The molecule has 0 saturated heterocycles. The van der Waals surface area contributed by atoms with Crippen molar-refractivity contribution in [3.05, 3.63) is 59.2 Å². The van der Waals surface area contributed by atoms with E-state index in [4.69, 9.17) is 4.74 Å². The Labute approximate surface area is 168 Å². The molecule has 0 aliphatic heterocycles. The highest BCUT2D eigenvalue weighted by atomic mass is 32.2. The first-order valence-corrected chi connectivity index (χ1v) is 11.1. The highest BCUT2D eigenvalue weighted by Crippen LogP contribution is 2.16. The van der Waals surface area contributed by atoms with Crippen molar-refractivity contribution in [2.45, 2.75) is 38.3 Å². The van der Waals surface area contributed by atoms with Gasteiger partial charge in [0, 0.05) is 19.8 Å². The number of rotatable bonds is 7. The molecule has 7 heteroatoms. The van der Waals surface area contributed by atoms with Gasteiger partial charge in [-0.15, -0.1) is 0 Å². The molecule has 0 aliphatic carbocycles. The van der Waals surface area contributed by atoms with Gasteiger partial charge in [-0.05, 0) is 55.7 Å². The second-order valence-electron chi connectivity index (χ2n) is 6.92. The van der Waals surface area contributed by atoms with Crippen molar-refractivity contribution in [2.24, 2.45) is 4.99 Å².